The van der Waals surface area contributed by atoms with Gasteiger partial charge in [0.15, 0.2) is 0 Å². The lowest BCUT2D eigenvalue weighted by molar-refractivity contribution is -0.147. The van der Waals surface area contributed by atoms with Crippen molar-refractivity contribution in [2.24, 2.45) is 11.8 Å². The zero-order chi connectivity index (χ0) is 25.7. The Labute approximate surface area is 223 Å². The minimum Gasteiger partial charge on any atom is -0.290 e. The molecule has 0 radical (unpaired) electrons. The van der Waals surface area contributed by atoms with Crippen LogP contribution in [-0.4, -0.2) is 17.3 Å². The van der Waals surface area contributed by atoms with Gasteiger partial charge in [-0.25, -0.2) is 0 Å². The molecule has 2 rings (SSSR count). The summed E-state index contributed by atoms with van der Waals surface area (Å²) in [5, 5.41) is 0. The first kappa shape index (κ1) is 31.2. The van der Waals surface area contributed by atoms with Crippen LogP contribution < -0.4 is 0 Å². The minimum absolute atomic E-state index is 0.228. The topological polar surface area (TPSA) is 51.2 Å². The highest BCUT2D eigenvalue weighted by atomic mass is 16.2. The lowest BCUT2D eigenvalue weighted by Gasteiger charge is -2.18. The Morgan fingerprint density at radius 1 is 0.278 bits per heavy atom. The van der Waals surface area contributed by atoms with Gasteiger partial charge in [-0.1, -0.05) is 154 Å². The van der Waals surface area contributed by atoms with Crippen LogP contribution in [0.1, 0.15) is 180 Å². The predicted molar refractivity (Wildman–Crippen MR) is 151 cm³/mol. The highest BCUT2D eigenvalue weighted by molar-refractivity contribution is 6.64. The van der Waals surface area contributed by atoms with E-state index in [1.807, 2.05) is 0 Å². The molecule has 208 valence electrons. The average molecular weight is 503 g/mol. The third-order valence-corrected chi connectivity index (χ3v) is 8.90. The highest BCUT2D eigenvalue weighted by Gasteiger charge is 2.33. The largest absolute Gasteiger partial charge is 0.290 e. The number of carbonyl (C=O) groups excluding carboxylic acids is 3. The molecule has 0 saturated heterocycles. The Morgan fingerprint density at radius 3 is 0.639 bits per heavy atom. The predicted octanol–water partition coefficient (Wildman–Crippen LogP) is 9.88. The Balaban J connectivity index is 1.92. The smallest absolute Gasteiger partial charge is 0.264 e. The summed E-state index contributed by atoms with van der Waals surface area (Å²) in [7, 11) is 0. The number of rotatable bonds is 4. The zero-order valence-electron chi connectivity index (χ0n) is 23.7. The number of Topliss-reactive ketones (excluding diaryl/α,β-unsaturated/α-hetero) is 3. The summed E-state index contributed by atoms with van der Waals surface area (Å²) >= 11 is 0. The molecule has 0 heterocycles. The third kappa shape index (κ3) is 14.1. The van der Waals surface area contributed by atoms with E-state index in [2.05, 4.69) is 0 Å². The molecule has 36 heavy (non-hydrogen) atoms. The molecule has 2 saturated carbocycles. The van der Waals surface area contributed by atoms with E-state index in [0.29, 0.717) is 0 Å². The normalized spacial score (nSPS) is 23.3. The number of carbonyl (C=O) groups is 3. The van der Waals surface area contributed by atoms with Crippen LogP contribution in [0.25, 0.3) is 0 Å². The molecule has 0 N–H and O–H groups in total. The van der Waals surface area contributed by atoms with Crippen molar-refractivity contribution < 1.29 is 14.4 Å². The molecule has 0 aromatic heterocycles. The fourth-order valence-electron chi connectivity index (χ4n) is 6.40. The Morgan fingerprint density at radius 2 is 0.444 bits per heavy atom. The van der Waals surface area contributed by atoms with Gasteiger partial charge in [0, 0.05) is 11.8 Å². The summed E-state index contributed by atoms with van der Waals surface area (Å²) in [6.07, 6.45) is 32.7. The monoisotopic (exact) mass is 502 g/mol. The first-order valence-electron chi connectivity index (χ1n) is 16.3. The van der Waals surface area contributed by atoms with E-state index in [0.717, 1.165) is 77.0 Å². The van der Waals surface area contributed by atoms with Crippen LogP contribution in [0.5, 0.6) is 0 Å². The van der Waals surface area contributed by atoms with Crippen molar-refractivity contribution in [3.05, 3.63) is 0 Å². The summed E-state index contributed by atoms with van der Waals surface area (Å²) in [5.41, 5.74) is 0. The maximum atomic E-state index is 13.3. The molecule has 0 atom stereocenters. The lowest BCUT2D eigenvalue weighted by Crippen LogP contribution is -2.34. The van der Waals surface area contributed by atoms with Gasteiger partial charge in [-0.15, -0.1) is 0 Å². The van der Waals surface area contributed by atoms with Crippen molar-refractivity contribution >= 4 is 17.3 Å². The first-order chi connectivity index (χ1) is 17.7. The minimum atomic E-state index is -0.652. The lowest BCUT2D eigenvalue weighted by atomic mass is 9.83. The van der Waals surface area contributed by atoms with E-state index in [9.17, 15) is 14.4 Å². The summed E-state index contributed by atoms with van der Waals surface area (Å²) in [4.78, 5) is 39.8. The fraction of sp³-hybridized carbons (Fsp3) is 0.909. The summed E-state index contributed by atoms with van der Waals surface area (Å²) < 4.78 is 0. The standard InChI is InChI=1S/C33H58O3/c34-31(29-25-21-17-13-9-5-1-2-6-10-14-18-22-26-29)33(36)32(35)30-27-23-19-15-11-7-3-4-8-12-16-20-24-28-30/h29-30H,1-28H2. The molecule has 3 heteroatoms. The maximum Gasteiger partial charge on any atom is 0.264 e. The van der Waals surface area contributed by atoms with Gasteiger partial charge >= 0.3 is 0 Å². The van der Waals surface area contributed by atoms with Crippen LogP contribution in [-0.2, 0) is 14.4 Å². The number of hydrogen-bond donors (Lipinski definition) is 0. The molecule has 0 amide bonds. The van der Waals surface area contributed by atoms with Gasteiger partial charge in [0.1, 0.15) is 0 Å². The molecule has 0 spiro atoms. The van der Waals surface area contributed by atoms with Gasteiger partial charge in [0.05, 0.1) is 0 Å². The molecule has 0 aromatic rings. The van der Waals surface area contributed by atoms with Gasteiger partial charge in [0.2, 0.25) is 11.6 Å². The second-order valence-electron chi connectivity index (χ2n) is 12.1. The molecule has 2 aliphatic rings. The fourth-order valence-corrected chi connectivity index (χ4v) is 6.40. The number of ketones is 3. The molecule has 0 unspecified atom stereocenters. The maximum absolute atomic E-state index is 13.3. The Bertz CT molecular complexity index is 514. The molecule has 0 bridgehead atoms. The van der Waals surface area contributed by atoms with E-state index >= 15 is 0 Å². The highest BCUT2D eigenvalue weighted by Crippen LogP contribution is 2.25. The molecule has 3 nitrogen and oxygen atoms in total. The molecule has 2 aliphatic carbocycles. The van der Waals surface area contributed by atoms with Crippen LogP contribution in [0, 0.1) is 11.8 Å². The summed E-state index contributed by atoms with van der Waals surface area (Å²) in [5.74, 6) is -1.80. The van der Waals surface area contributed by atoms with E-state index < -0.39 is 5.78 Å². The van der Waals surface area contributed by atoms with Gasteiger partial charge in [-0.2, -0.15) is 0 Å². The van der Waals surface area contributed by atoms with E-state index in [1.54, 1.807) is 0 Å². The van der Waals surface area contributed by atoms with Crippen molar-refractivity contribution in [1.29, 1.82) is 0 Å². The molecular weight excluding hydrogens is 444 g/mol. The average Bonchev–Trinajstić information content (AvgIpc) is 2.91. The van der Waals surface area contributed by atoms with Crippen LogP contribution in [0.4, 0.5) is 0 Å². The summed E-state index contributed by atoms with van der Waals surface area (Å²) in [6.45, 7) is 0. The van der Waals surface area contributed by atoms with E-state index in [-0.39, 0.29) is 23.4 Å². The molecule has 0 aromatic carbocycles. The molecule has 2 fully saturated rings. The van der Waals surface area contributed by atoms with Crippen LogP contribution in [0.15, 0.2) is 0 Å². The zero-order valence-corrected chi connectivity index (χ0v) is 23.7. The van der Waals surface area contributed by atoms with Gasteiger partial charge < -0.3 is 0 Å². The van der Waals surface area contributed by atoms with Crippen LogP contribution in [0.2, 0.25) is 0 Å². The SMILES string of the molecule is O=C(C(=O)C1CCCCCCCCCCCCCC1)C(=O)C1CCCCCCCCCCCCCC1. The van der Waals surface area contributed by atoms with Crippen molar-refractivity contribution in [3.8, 4) is 0 Å². The van der Waals surface area contributed by atoms with Gasteiger partial charge in [0.25, 0.3) is 5.78 Å². The summed E-state index contributed by atoms with van der Waals surface area (Å²) in [6, 6.07) is 0. The second kappa shape index (κ2) is 21.0. The van der Waals surface area contributed by atoms with Crippen molar-refractivity contribution in [3.63, 3.8) is 0 Å². The van der Waals surface area contributed by atoms with Gasteiger partial charge in [-0.05, 0) is 25.7 Å². The van der Waals surface area contributed by atoms with Crippen LogP contribution >= 0.6 is 0 Å². The van der Waals surface area contributed by atoms with Crippen molar-refractivity contribution in [2.45, 2.75) is 180 Å². The first-order valence-corrected chi connectivity index (χ1v) is 16.3. The Hall–Kier alpha value is -0.990. The van der Waals surface area contributed by atoms with Crippen molar-refractivity contribution in [2.75, 3.05) is 0 Å². The van der Waals surface area contributed by atoms with Crippen LogP contribution in [0.3, 0.4) is 0 Å². The Kier molecular flexibility index (Phi) is 18.2. The van der Waals surface area contributed by atoms with E-state index in [4.69, 9.17) is 0 Å². The quantitative estimate of drug-likeness (QED) is 0.284. The third-order valence-electron chi connectivity index (χ3n) is 8.90. The molecular formula is C33H58O3. The van der Waals surface area contributed by atoms with Gasteiger partial charge in [-0.3, -0.25) is 14.4 Å². The number of hydrogen-bond acceptors (Lipinski definition) is 3. The second-order valence-corrected chi connectivity index (χ2v) is 12.1. The van der Waals surface area contributed by atoms with Crippen molar-refractivity contribution in [1.82, 2.24) is 0 Å². The molecule has 0 aliphatic heterocycles. The van der Waals surface area contributed by atoms with E-state index in [1.165, 1.54) is 103 Å².